The van der Waals surface area contributed by atoms with Gasteiger partial charge in [-0.1, -0.05) is 13.5 Å². The first-order valence-electron chi connectivity index (χ1n) is 5.80. The fraction of sp³-hybridized carbons (Fsp3) is 0.833. The molecule has 1 unspecified atom stereocenters. The summed E-state index contributed by atoms with van der Waals surface area (Å²) < 4.78 is 6.16. The molecule has 0 aromatic carbocycles. The van der Waals surface area contributed by atoms with Gasteiger partial charge in [0, 0.05) is 0 Å². The maximum absolute atomic E-state index is 6.16. The Hall–Kier alpha value is -0.0831. The van der Waals surface area contributed by atoms with Crippen molar-refractivity contribution in [2.75, 3.05) is 0 Å². The highest BCUT2D eigenvalue weighted by molar-refractivity contribution is 6.69. The van der Waals surface area contributed by atoms with E-state index in [9.17, 15) is 0 Å². The first-order valence-corrected chi connectivity index (χ1v) is 9.21. The molecule has 0 spiro atoms. The van der Waals surface area contributed by atoms with Gasteiger partial charge in [-0.2, -0.15) is 0 Å². The Morgan fingerprint density at radius 1 is 1.36 bits per heavy atom. The molecular weight excluding hydrogens is 188 g/mol. The normalized spacial score (nSPS) is 29.3. The summed E-state index contributed by atoms with van der Waals surface area (Å²) in [6.45, 7) is 13.3. The summed E-state index contributed by atoms with van der Waals surface area (Å²) in [5.41, 5.74) is 1.36. The van der Waals surface area contributed by atoms with Crippen molar-refractivity contribution in [3.05, 3.63) is 12.2 Å². The highest BCUT2D eigenvalue weighted by atomic mass is 28.4. The smallest absolute Gasteiger partial charge is 0.184 e. The van der Waals surface area contributed by atoms with Crippen LogP contribution in [0.3, 0.4) is 0 Å². The van der Waals surface area contributed by atoms with E-state index in [2.05, 4.69) is 33.1 Å². The van der Waals surface area contributed by atoms with Crippen LogP contribution in [0.1, 0.15) is 32.6 Å². The summed E-state index contributed by atoms with van der Waals surface area (Å²) >= 11 is 0. The largest absolute Gasteiger partial charge is 0.411 e. The zero-order valence-corrected chi connectivity index (χ0v) is 11.1. The van der Waals surface area contributed by atoms with Crippen molar-refractivity contribution in [1.29, 1.82) is 0 Å². The second-order valence-corrected chi connectivity index (χ2v) is 9.79. The average molecular weight is 212 g/mol. The van der Waals surface area contributed by atoms with Gasteiger partial charge in [0.25, 0.3) is 0 Å². The molecule has 1 aliphatic carbocycles. The van der Waals surface area contributed by atoms with Crippen LogP contribution in [0.15, 0.2) is 12.2 Å². The molecule has 1 nitrogen and oxygen atoms in total. The fourth-order valence-electron chi connectivity index (χ4n) is 2.21. The molecule has 0 N–H and O–H groups in total. The monoisotopic (exact) mass is 212 g/mol. The standard InChI is InChI=1S/C12H24OSi/c1-6-11-8-7-9-12(10(11)2)13-14(3,4)5/h11-12H,2,6-9H2,1,3-5H3/t11-,12?/m0/s1. The van der Waals surface area contributed by atoms with E-state index in [0.29, 0.717) is 12.0 Å². The van der Waals surface area contributed by atoms with Crippen LogP contribution in [-0.2, 0) is 4.43 Å². The minimum Gasteiger partial charge on any atom is -0.411 e. The molecule has 1 rings (SSSR count). The van der Waals surface area contributed by atoms with Crippen LogP contribution in [-0.4, -0.2) is 14.4 Å². The Morgan fingerprint density at radius 2 is 2.00 bits per heavy atom. The van der Waals surface area contributed by atoms with Gasteiger partial charge in [0.15, 0.2) is 8.32 Å². The number of hydrogen-bond donors (Lipinski definition) is 0. The minimum absolute atomic E-state index is 0.361. The molecular formula is C12H24OSi. The SMILES string of the molecule is C=C1C(O[Si](C)(C)C)CCC[C@@H]1CC. The molecule has 0 aliphatic heterocycles. The highest BCUT2D eigenvalue weighted by Crippen LogP contribution is 2.33. The van der Waals surface area contributed by atoms with E-state index in [1.165, 1.54) is 31.3 Å². The van der Waals surface area contributed by atoms with Gasteiger partial charge in [-0.3, -0.25) is 0 Å². The highest BCUT2D eigenvalue weighted by Gasteiger charge is 2.29. The fourth-order valence-corrected chi connectivity index (χ4v) is 3.33. The Bertz CT molecular complexity index is 205. The Kier molecular flexibility index (Phi) is 3.96. The van der Waals surface area contributed by atoms with Crippen LogP contribution in [0.25, 0.3) is 0 Å². The number of rotatable bonds is 3. The summed E-state index contributed by atoms with van der Waals surface area (Å²) in [7, 11) is -1.39. The van der Waals surface area contributed by atoms with Crippen molar-refractivity contribution >= 4 is 8.32 Å². The second-order valence-electron chi connectivity index (χ2n) is 5.33. The van der Waals surface area contributed by atoms with Gasteiger partial charge in [0.1, 0.15) is 0 Å². The maximum Gasteiger partial charge on any atom is 0.184 e. The molecule has 2 heteroatoms. The molecule has 14 heavy (non-hydrogen) atoms. The summed E-state index contributed by atoms with van der Waals surface area (Å²) in [6.07, 6.45) is 5.41. The van der Waals surface area contributed by atoms with Crippen molar-refractivity contribution in [2.45, 2.75) is 58.4 Å². The summed E-state index contributed by atoms with van der Waals surface area (Å²) in [6, 6.07) is 0. The molecule has 1 aliphatic rings. The first-order chi connectivity index (χ1) is 6.44. The molecule has 1 fully saturated rings. The van der Waals surface area contributed by atoms with E-state index < -0.39 is 8.32 Å². The van der Waals surface area contributed by atoms with Gasteiger partial charge in [-0.15, -0.1) is 0 Å². The van der Waals surface area contributed by atoms with Crippen molar-refractivity contribution in [1.82, 2.24) is 0 Å². The van der Waals surface area contributed by atoms with E-state index in [0.717, 1.165) is 0 Å². The lowest BCUT2D eigenvalue weighted by molar-refractivity contribution is 0.176. The summed E-state index contributed by atoms with van der Waals surface area (Å²) in [4.78, 5) is 0. The maximum atomic E-state index is 6.16. The van der Waals surface area contributed by atoms with E-state index in [1.54, 1.807) is 0 Å². The van der Waals surface area contributed by atoms with Crippen LogP contribution >= 0.6 is 0 Å². The van der Waals surface area contributed by atoms with Crippen molar-refractivity contribution < 1.29 is 4.43 Å². The first kappa shape index (κ1) is 12.0. The van der Waals surface area contributed by atoms with Crippen LogP contribution in [0, 0.1) is 5.92 Å². The van der Waals surface area contributed by atoms with Crippen LogP contribution < -0.4 is 0 Å². The second kappa shape index (κ2) is 4.62. The predicted octanol–water partition coefficient (Wildman–Crippen LogP) is 3.97. The minimum atomic E-state index is -1.39. The molecule has 1 saturated carbocycles. The zero-order chi connectivity index (χ0) is 10.8. The quantitative estimate of drug-likeness (QED) is 0.508. The third-order valence-electron chi connectivity index (χ3n) is 2.95. The predicted molar refractivity (Wildman–Crippen MR) is 65.0 cm³/mol. The molecule has 0 aromatic heterocycles. The van der Waals surface area contributed by atoms with E-state index in [-0.39, 0.29) is 0 Å². The third-order valence-corrected chi connectivity index (χ3v) is 3.94. The van der Waals surface area contributed by atoms with Crippen molar-refractivity contribution in [3.8, 4) is 0 Å². The van der Waals surface area contributed by atoms with Crippen LogP contribution in [0.2, 0.25) is 19.6 Å². The average Bonchev–Trinajstić information content (AvgIpc) is 2.06. The van der Waals surface area contributed by atoms with Gasteiger partial charge >= 0.3 is 0 Å². The topological polar surface area (TPSA) is 9.23 Å². The lowest BCUT2D eigenvalue weighted by Gasteiger charge is -2.35. The molecule has 0 radical (unpaired) electrons. The molecule has 0 saturated heterocycles. The molecule has 0 aromatic rings. The summed E-state index contributed by atoms with van der Waals surface area (Å²) in [5.74, 6) is 0.713. The van der Waals surface area contributed by atoms with E-state index in [4.69, 9.17) is 4.43 Å². The lowest BCUT2D eigenvalue weighted by atomic mass is 9.82. The van der Waals surface area contributed by atoms with Gasteiger partial charge < -0.3 is 4.43 Å². The van der Waals surface area contributed by atoms with Gasteiger partial charge in [0.2, 0.25) is 0 Å². The lowest BCUT2D eigenvalue weighted by Crippen LogP contribution is -2.36. The molecule has 0 bridgehead atoms. The molecule has 0 heterocycles. The molecule has 2 atom stereocenters. The van der Waals surface area contributed by atoms with Crippen LogP contribution in [0.4, 0.5) is 0 Å². The zero-order valence-electron chi connectivity index (χ0n) is 10.1. The van der Waals surface area contributed by atoms with Crippen molar-refractivity contribution in [3.63, 3.8) is 0 Å². The van der Waals surface area contributed by atoms with Crippen LogP contribution in [0.5, 0.6) is 0 Å². The Labute approximate surface area is 89.7 Å². The number of hydrogen-bond acceptors (Lipinski definition) is 1. The third kappa shape index (κ3) is 3.25. The van der Waals surface area contributed by atoms with E-state index in [1.807, 2.05) is 0 Å². The Balaban J connectivity index is 2.57. The van der Waals surface area contributed by atoms with Gasteiger partial charge in [-0.25, -0.2) is 0 Å². The van der Waals surface area contributed by atoms with Crippen molar-refractivity contribution in [2.24, 2.45) is 5.92 Å². The Morgan fingerprint density at radius 3 is 2.50 bits per heavy atom. The summed E-state index contributed by atoms with van der Waals surface area (Å²) in [5, 5.41) is 0. The van der Waals surface area contributed by atoms with Gasteiger partial charge in [0.05, 0.1) is 6.10 Å². The molecule has 0 amide bonds. The molecule has 82 valence electrons. The van der Waals surface area contributed by atoms with E-state index >= 15 is 0 Å². The van der Waals surface area contributed by atoms with Gasteiger partial charge in [-0.05, 0) is 56.8 Å².